The Morgan fingerprint density at radius 3 is 1.96 bits per heavy atom. The summed E-state index contributed by atoms with van der Waals surface area (Å²) in [6, 6.07) is 0. The number of ether oxygens (including phenoxy) is 2. The first-order chi connectivity index (χ1) is 10.8. The molecule has 0 amide bonds. The summed E-state index contributed by atoms with van der Waals surface area (Å²) in [7, 11) is 3.84. The number of carbonyl (C=O) groups is 2. The zero-order valence-corrected chi connectivity index (χ0v) is 15.3. The fraction of sp³-hybridized carbons (Fsp3) is 0.647. The van der Waals surface area contributed by atoms with Gasteiger partial charge in [-0.05, 0) is 34.1 Å². The first-order valence-electron chi connectivity index (χ1n) is 7.77. The van der Waals surface area contributed by atoms with Crippen molar-refractivity contribution < 1.29 is 19.1 Å². The molecule has 0 radical (unpaired) electrons. The highest BCUT2D eigenvalue weighted by Gasteiger charge is 2.04. The van der Waals surface area contributed by atoms with E-state index in [4.69, 9.17) is 9.47 Å². The third kappa shape index (κ3) is 16.5. The van der Waals surface area contributed by atoms with Crippen LogP contribution in [0.5, 0.6) is 0 Å². The Hall–Kier alpha value is -1.66. The van der Waals surface area contributed by atoms with Gasteiger partial charge in [-0.1, -0.05) is 27.0 Å². The summed E-state index contributed by atoms with van der Waals surface area (Å²) < 4.78 is 9.66. The monoisotopic (exact) mass is 328 g/mol. The summed E-state index contributed by atoms with van der Waals surface area (Å²) in [6.45, 7) is 17.0. The largest absolute Gasteiger partial charge is 0.461 e. The molecular formula is C17H32N2O4. The second-order valence-electron chi connectivity index (χ2n) is 5.12. The molecule has 0 heterocycles. The van der Waals surface area contributed by atoms with Crippen LogP contribution >= 0.6 is 0 Å². The minimum Gasteiger partial charge on any atom is -0.461 e. The lowest BCUT2D eigenvalue weighted by atomic mass is 10.4. The normalized spacial score (nSPS) is 9.87. The fourth-order valence-corrected chi connectivity index (χ4v) is 1.32. The molecular weight excluding hydrogens is 296 g/mol. The Morgan fingerprint density at radius 2 is 1.57 bits per heavy atom. The van der Waals surface area contributed by atoms with E-state index in [9.17, 15) is 9.59 Å². The van der Waals surface area contributed by atoms with E-state index in [-0.39, 0.29) is 11.9 Å². The highest BCUT2D eigenvalue weighted by Crippen LogP contribution is 1.93. The lowest BCUT2D eigenvalue weighted by Crippen LogP contribution is -2.27. The van der Waals surface area contributed by atoms with Crippen molar-refractivity contribution in [2.45, 2.75) is 20.8 Å². The molecule has 0 spiro atoms. The molecule has 0 rings (SSSR count). The Morgan fingerprint density at radius 1 is 1.04 bits per heavy atom. The van der Waals surface area contributed by atoms with Gasteiger partial charge in [0, 0.05) is 24.7 Å². The predicted molar refractivity (Wildman–Crippen MR) is 93.3 cm³/mol. The van der Waals surface area contributed by atoms with E-state index in [1.165, 1.54) is 0 Å². The molecule has 23 heavy (non-hydrogen) atoms. The molecule has 0 aliphatic heterocycles. The molecule has 0 bridgehead atoms. The smallest absolute Gasteiger partial charge is 0.333 e. The molecule has 0 aliphatic carbocycles. The Kier molecular flexibility index (Phi) is 15.6. The van der Waals surface area contributed by atoms with Crippen molar-refractivity contribution in [3.63, 3.8) is 0 Å². The van der Waals surface area contributed by atoms with Gasteiger partial charge in [0.2, 0.25) is 0 Å². The van der Waals surface area contributed by atoms with E-state index in [2.05, 4.69) is 31.9 Å². The van der Waals surface area contributed by atoms with Crippen molar-refractivity contribution in [3.05, 3.63) is 24.8 Å². The zero-order valence-electron chi connectivity index (χ0n) is 15.3. The molecule has 0 aromatic carbocycles. The van der Waals surface area contributed by atoms with Crippen molar-refractivity contribution in [3.8, 4) is 0 Å². The molecule has 0 fully saturated rings. The Labute approximate surface area is 140 Å². The van der Waals surface area contributed by atoms with E-state index in [0.717, 1.165) is 32.3 Å². The van der Waals surface area contributed by atoms with Crippen LogP contribution in [-0.2, 0) is 19.1 Å². The second kappa shape index (κ2) is 15.2. The third-order valence-electron chi connectivity index (χ3n) is 2.83. The fourth-order valence-electron chi connectivity index (χ4n) is 1.32. The van der Waals surface area contributed by atoms with E-state index < -0.39 is 0 Å². The average molecular weight is 328 g/mol. The predicted octanol–water partition coefficient (Wildman–Crippen LogP) is 1.72. The van der Waals surface area contributed by atoms with Gasteiger partial charge in [-0.3, -0.25) is 0 Å². The van der Waals surface area contributed by atoms with Crippen LogP contribution in [0.4, 0.5) is 0 Å². The first-order valence-corrected chi connectivity index (χ1v) is 7.77. The summed E-state index contributed by atoms with van der Waals surface area (Å²) in [5.41, 5.74) is 0.458. The van der Waals surface area contributed by atoms with Crippen LogP contribution in [0.2, 0.25) is 0 Å². The number of esters is 2. The standard InChI is InChI=1S/C10H19NO2.C7H13NO2/c1-5-11(6-2)7-8-13-10(12)9(3)4;1-4-7(9)10-6-5-8(2)3/h3,5-8H2,1-2,4H3;4H,1,5-6H2,2-3H3. The molecule has 0 N–H and O–H groups in total. The summed E-state index contributed by atoms with van der Waals surface area (Å²) in [5.74, 6) is -0.658. The van der Waals surface area contributed by atoms with Crippen molar-refractivity contribution >= 4 is 11.9 Å². The lowest BCUT2D eigenvalue weighted by Gasteiger charge is -2.17. The number of nitrogens with zero attached hydrogens (tertiary/aromatic N) is 2. The molecule has 0 unspecified atom stereocenters. The number of likely N-dealkylation sites (N-methyl/N-ethyl adjacent to an activating group) is 2. The highest BCUT2D eigenvalue weighted by atomic mass is 16.5. The van der Waals surface area contributed by atoms with Crippen LogP contribution in [-0.4, -0.2) is 75.2 Å². The topological polar surface area (TPSA) is 59.1 Å². The number of carbonyl (C=O) groups excluding carboxylic acids is 2. The maximum absolute atomic E-state index is 11.0. The maximum Gasteiger partial charge on any atom is 0.333 e. The average Bonchev–Trinajstić information content (AvgIpc) is 2.51. The van der Waals surface area contributed by atoms with Gasteiger partial charge in [0.05, 0.1) is 0 Å². The number of hydrogen-bond donors (Lipinski definition) is 0. The lowest BCUT2D eigenvalue weighted by molar-refractivity contribution is -0.139. The number of rotatable bonds is 10. The molecule has 134 valence electrons. The quantitative estimate of drug-likeness (QED) is 0.450. The van der Waals surface area contributed by atoms with Gasteiger partial charge in [0.25, 0.3) is 0 Å². The summed E-state index contributed by atoms with van der Waals surface area (Å²) >= 11 is 0. The molecule has 0 aromatic heterocycles. The molecule has 6 heteroatoms. The highest BCUT2D eigenvalue weighted by molar-refractivity contribution is 5.86. The van der Waals surface area contributed by atoms with Crippen LogP contribution < -0.4 is 0 Å². The van der Waals surface area contributed by atoms with Gasteiger partial charge in [-0.2, -0.15) is 0 Å². The van der Waals surface area contributed by atoms with Crippen molar-refractivity contribution in [1.29, 1.82) is 0 Å². The number of hydrogen-bond acceptors (Lipinski definition) is 6. The van der Waals surface area contributed by atoms with Gasteiger partial charge < -0.3 is 19.3 Å². The van der Waals surface area contributed by atoms with Crippen molar-refractivity contribution in [2.75, 3.05) is 53.5 Å². The molecule has 0 atom stereocenters. The van der Waals surface area contributed by atoms with Crippen LogP contribution in [0.3, 0.4) is 0 Å². The van der Waals surface area contributed by atoms with Crippen LogP contribution in [0.25, 0.3) is 0 Å². The van der Waals surface area contributed by atoms with Gasteiger partial charge in [0.15, 0.2) is 0 Å². The molecule has 0 aliphatic rings. The molecule has 0 aromatic rings. The van der Waals surface area contributed by atoms with Gasteiger partial charge in [0.1, 0.15) is 13.2 Å². The van der Waals surface area contributed by atoms with E-state index in [0.29, 0.717) is 18.8 Å². The Bertz CT molecular complexity index is 364. The SMILES string of the molecule is C=C(C)C(=O)OCCN(CC)CC.C=CC(=O)OCCN(C)C. The van der Waals surface area contributed by atoms with E-state index >= 15 is 0 Å². The minimum atomic E-state index is -0.359. The summed E-state index contributed by atoms with van der Waals surface area (Å²) in [4.78, 5) is 25.5. The van der Waals surface area contributed by atoms with Crippen molar-refractivity contribution in [1.82, 2.24) is 9.80 Å². The third-order valence-corrected chi connectivity index (χ3v) is 2.83. The van der Waals surface area contributed by atoms with E-state index in [1.807, 2.05) is 19.0 Å². The molecule has 6 nitrogen and oxygen atoms in total. The summed E-state index contributed by atoms with van der Waals surface area (Å²) in [6.07, 6.45) is 1.16. The van der Waals surface area contributed by atoms with Crippen LogP contribution in [0.1, 0.15) is 20.8 Å². The second-order valence-corrected chi connectivity index (χ2v) is 5.12. The van der Waals surface area contributed by atoms with Gasteiger partial charge in [-0.25, -0.2) is 9.59 Å². The molecule has 0 saturated carbocycles. The maximum atomic E-state index is 11.0. The zero-order chi connectivity index (χ0) is 18.3. The van der Waals surface area contributed by atoms with Gasteiger partial charge >= 0.3 is 11.9 Å². The van der Waals surface area contributed by atoms with Gasteiger partial charge in [-0.15, -0.1) is 0 Å². The molecule has 0 saturated heterocycles. The first kappa shape index (κ1) is 23.6. The minimum absolute atomic E-state index is 0.299. The summed E-state index contributed by atoms with van der Waals surface area (Å²) in [5, 5.41) is 0. The van der Waals surface area contributed by atoms with E-state index in [1.54, 1.807) is 6.92 Å². The van der Waals surface area contributed by atoms with Crippen LogP contribution in [0.15, 0.2) is 24.8 Å². The van der Waals surface area contributed by atoms with Crippen LogP contribution in [0, 0.1) is 0 Å². The Balaban J connectivity index is 0. The van der Waals surface area contributed by atoms with Crippen molar-refractivity contribution in [2.24, 2.45) is 0 Å².